The average Bonchev–Trinajstić information content (AvgIpc) is 3.34. The minimum Gasteiger partial charge on any atom is -0.383 e. The van der Waals surface area contributed by atoms with Gasteiger partial charge in [0.05, 0.1) is 11.3 Å². The van der Waals surface area contributed by atoms with Crippen molar-refractivity contribution in [2.24, 2.45) is 0 Å². The number of carbonyl (C=O) groups excluding carboxylic acids is 1. The SMILES string of the molecule is CCNCCNc1cc(Cl)ccc1C(=O)NCc1cc(F)c(NS(=O)(=O)c2ncns2)cc1F. The number of hydrogen-bond donors (Lipinski definition) is 4. The van der Waals surface area contributed by atoms with Crippen molar-refractivity contribution in [2.45, 2.75) is 17.8 Å². The third-order valence-electron chi connectivity index (χ3n) is 4.48. The van der Waals surface area contributed by atoms with Gasteiger partial charge in [0.15, 0.2) is 0 Å². The third kappa shape index (κ3) is 6.59. The summed E-state index contributed by atoms with van der Waals surface area (Å²) in [5, 5.41) is 9.23. The number of carbonyl (C=O) groups is 1. The molecule has 3 rings (SSSR count). The molecule has 9 nitrogen and oxygen atoms in total. The zero-order chi connectivity index (χ0) is 24.7. The highest BCUT2D eigenvalue weighted by Gasteiger charge is 2.21. The largest absolute Gasteiger partial charge is 0.383 e. The molecular weight excluding hydrogens is 510 g/mol. The Bertz CT molecular complexity index is 1260. The quantitative estimate of drug-likeness (QED) is 0.280. The molecule has 0 bridgehead atoms. The summed E-state index contributed by atoms with van der Waals surface area (Å²) >= 11 is 6.62. The lowest BCUT2D eigenvalue weighted by molar-refractivity contribution is 0.0951. The van der Waals surface area contributed by atoms with E-state index in [2.05, 4.69) is 25.3 Å². The normalized spacial score (nSPS) is 11.3. The Hall–Kier alpha value is -2.87. The number of anilines is 2. The van der Waals surface area contributed by atoms with E-state index in [0.717, 1.165) is 18.9 Å². The first-order valence-electron chi connectivity index (χ1n) is 10.0. The van der Waals surface area contributed by atoms with Gasteiger partial charge in [0.2, 0.25) is 4.34 Å². The predicted octanol–water partition coefficient (Wildman–Crippen LogP) is 3.22. The fraction of sp³-hybridized carbons (Fsp3) is 0.250. The maximum atomic E-state index is 14.6. The highest BCUT2D eigenvalue weighted by Crippen LogP contribution is 2.24. The Balaban J connectivity index is 1.70. The first-order valence-corrected chi connectivity index (χ1v) is 12.6. The van der Waals surface area contributed by atoms with Crippen molar-refractivity contribution in [1.82, 2.24) is 20.0 Å². The first kappa shape index (κ1) is 25.7. The van der Waals surface area contributed by atoms with Gasteiger partial charge in [0.1, 0.15) is 18.0 Å². The summed E-state index contributed by atoms with van der Waals surface area (Å²) in [6.45, 7) is 3.66. The van der Waals surface area contributed by atoms with Gasteiger partial charge >= 0.3 is 0 Å². The second-order valence-electron chi connectivity index (χ2n) is 6.89. The van der Waals surface area contributed by atoms with Crippen LogP contribution < -0.4 is 20.7 Å². The molecule has 1 aromatic heterocycles. The fourth-order valence-corrected chi connectivity index (χ4v) is 4.68. The van der Waals surface area contributed by atoms with Gasteiger partial charge in [-0.15, -0.1) is 0 Å². The van der Waals surface area contributed by atoms with E-state index in [-0.39, 0.29) is 22.0 Å². The van der Waals surface area contributed by atoms with Crippen LogP contribution in [0, 0.1) is 11.6 Å². The zero-order valence-corrected chi connectivity index (χ0v) is 20.3. The van der Waals surface area contributed by atoms with E-state index in [0.29, 0.717) is 41.4 Å². The number of likely N-dealkylation sites (N-methyl/N-ethyl adjacent to an activating group) is 1. The highest BCUT2D eigenvalue weighted by molar-refractivity contribution is 7.94. The first-order chi connectivity index (χ1) is 16.2. The van der Waals surface area contributed by atoms with E-state index in [9.17, 15) is 22.0 Å². The van der Waals surface area contributed by atoms with Crippen molar-refractivity contribution >= 4 is 50.4 Å². The van der Waals surface area contributed by atoms with Crippen LogP contribution >= 0.6 is 23.1 Å². The highest BCUT2D eigenvalue weighted by atomic mass is 35.5. The van der Waals surface area contributed by atoms with Crippen molar-refractivity contribution < 1.29 is 22.0 Å². The smallest absolute Gasteiger partial charge is 0.290 e. The van der Waals surface area contributed by atoms with Gasteiger partial charge in [-0.25, -0.2) is 13.8 Å². The molecule has 0 unspecified atom stereocenters. The summed E-state index contributed by atoms with van der Waals surface area (Å²) in [6.07, 6.45) is 1.03. The molecule has 0 fully saturated rings. The lowest BCUT2D eigenvalue weighted by Gasteiger charge is -2.14. The van der Waals surface area contributed by atoms with Crippen molar-refractivity contribution in [3.8, 4) is 0 Å². The van der Waals surface area contributed by atoms with Crippen molar-refractivity contribution in [3.63, 3.8) is 0 Å². The number of aromatic nitrogens is 2. The van der Waals surface area contributed by atoms with E-state index in [1.807, 2.05) is 11.6 Å². The number of halogens is 3. The second kappa shape index (κ2) is 11.5. The molecule has 1 heterocycles. The van der Waals surface area contributed by atoms with Crippen LogP contribution in [-0.4, -0.2) is 43.3 Å². The molecule has 14 heteroatoms. The van der Waals surface area contributed by atoms with Gasteiger partial charge in [-0.1, -0.05) is 18.5 Å². The van der Waals surface area contributed by atoms with E-state index in [1.165, 1.54) is 6.07 Å². The molecule has 2 aromatic carbocycles. The Morgan fingerprint density at radius 2 is 1.91 bits per heavy atom. The number of sulfonamides is 1. The van der Waals surface area contributed by atoms with Crippen LogP contribution in [0.1, 0.15) is 22.8 Å². The summed E-state index contributed by atoms with van der Waals surface area (Å²) in [4.78, 5) is 16.2. The molecule has 34 heavy (non-hydrogen) atoms. The van der Waals surface area contributed by atoms with E-state index >= 15 is 0 Å². The van der Waals surface area contributed by atoms with Gasteiger partial charge < -0.3 is 16.0 Å². The monoisotopic (exact) mass is 530 g/mol. The molecule has 1 amide bonds. The van der Waals surface area contributed by atoms with Crippen LogP contribution in [0.4, 0.5) is 20.2 Å². The van der Waals surface area contributed by atoms with E-state index in [4.69, 9.17) is 11.6 Å². The molecule has 4 N–H and O–H groups in total. The summed E-state index contributed by atoms with van der Waals surface area (Å²) in [7, 11) is -4.21. The number of benzene rings is 2. The number of hydrogen-bond acceptors (Lipinski definition) is 8. The molecule has 0 aliphatic heterocycles. The molecule has 0 radical (unpaired) electrons. The molecule has 0 saturated heterocycles. The Labute approximate surface area is 204 Å². The lowest BCUT2D eigenvalue weighted by atomic mass is 10.1. The molecule has 182 valence electrons. The van der Waals surface area contributed by atoms with Crippen LogP contribution in [0.5, 0.6) is 0 Å². The van der Waals surface area contributed by atoms with Crippen LogP contribution in [0.25, 0.3) is 0 Å². The van der Waals surface area contributed by atoms with Crippen molar-refractivity contribution in [3.05, 3.63) is 64.4 Å². The Kier molecular flexibility index (Phi) is 8.72. The molecule has 0 aliphatic carbocycles. The fourth-order valence-electron chi connectivity index (χ4n) is 2.87. The van der Waals surface area contributed by atoms with Crippen molar-refractivity contribution in [1.29, 1.82) is 0 Å². The van der Waals surface area contributed by atoms with E-state index < -0.39 is 33.3 Å². The van der Waals surface area contributed by atoms with Gasteiger partial charge in [0.25, 0.3) is 15.9 Å². The summed E-state index contributed by atoms with van der Waals surface area (Å²) in [6, 6.07) is 6.18. The molecular formula is C20H21ClF2N6O3S2. The summed E-state index contributed by atoms with van der Waals surface area (Å²) < 4.78 is 58.5. The van der Waals surface area contributed by atoms with Gasteiger partial charge in [0, 0.05) is 42.0 Å². The standard InChI is InChI=1S/C20H21ClF2N6O3S2/c1-2-24-5-6-25-17-8-13(21)3-4-14(17)19(30)26-10-12-7-16(23)18(9-15(12)22)29-34(31,32)20-27-11-28-33-20/h3-4,7-9,11,24-25,29H,2,5-6,10H2,1H3,(H,26,30). The topological polar surface area (TPSA) is 125 Å². The maximum Gasteiger partial charge on any atom is 0.290 e. The molecule has 0 aliphatic rings. The number of nitrogens with one attached hydrogen (secondary N) is 4. The predicted molar refractivity (Wildman–Crippen MR) is 127 cm³/mol. The van der Waals surface area contributed by atoms with Crippen LogP contribution in [0.15, 0.2) is 41.0 Å². The molecule has 0 saturated carbocycles. The zero-order valence-electron chi connectivity index (χ0n) is 17.9. The third-order valence-corrected chi connectivity index (χ3v) is 7.12. The van der Waals surface area contributed by atoms with Gasteiger partial charge in [-0.05, 0) is 42.3 Å². The van der Waals surface area contributed by atoms with Crippen LogP contribution in [0.2, 0.25) is 5.02 Å². The number of amides is 1. The minimum atomic E-state index is -4.21. The van der Waals surface area contributed by atoms with Gasteiger partial charge in [-0.3, -0.25) is 9.52 Å². The molecule has 3 aromatic rings. The number of rotatable bonds is 11. The van der Waals surface area contributed by atoms with Crippen LogP contribution in [-0.2, 0) is 16.6 Å². The van der Waals surface area contributed by atoms with E-state index in [1.54, 1.807) is 12.1 Å². The Morgan fingerprint density at radius 1 is 1.12 bits per heavy atom. The molecule has 0 atom stereocenters. The van der Waals surface area contributed by atoms with Gasteiger partial charge in [-0.2, -0.15) is 12.8 Å². The van der Waals surface area contributed by atoms with Crippen LogP contribution in [0.3, 0.4) is 0 Å². The average molecular weight is 531 g/mol. The maximum absolute atomic E-state index is 14.6. The second-order valence-corrected chi connectivity index (χ2v) is 9.96. The summed E-state index contributed by atoms with van der Waals surface area (Å²) in [5.74, 6) is -2.45. The number of nitrogens with zero attached hydrogens (tertiary/aromatic N) is 2. The minimum absolute atomic E-state index is 0.166. The lowest BCUT2D eigenvalue weighted by Crippen LogP contribution is -2.26. The van der Waals surface area contributed by atoms with Crippen molar-refractivity contribution in [2.75, 3.05) is 29.7 Å². The summed E-state index contributed by atoms with van der Waals surface area (Å²) in [5.41, 5.74) is 0.0205. The molecule has 0 spiro atoms. The Morgan fingerprint density at radius 3 is 2.62 bits per heavy atom.